The number of unbranched alkanes of at least 4 members (excludes halogenated alkanes) is 1. The second kappa shape index (κ2) is 5.92. The summed E-state index contributed by atoms with van der Waals surface area (Å²) in [5, 5.41) is 4.80. The Morgan fingerprint density at radius 3 is 2.24 bits per heavy atom. The fraction of sp³-hybridized carbons (Fsp3) is 0.400. The van der Waals surface area contributed by atoms with Crippen LogP contribution >= 0.6 is 0 Å². The number of benzene rings is 1. The molecule has 0 fully saturated rings. The van der Waals surface area contributed by atoms with Crippen molar-refractivity contribution >= 4 is 10.0 Å². The number of primary sulfonamides is 1. The lowest BCUT2D eigenvalue weighted by atomic mass is 10.3. The Labute approximate surface area is 98.4 Å². The van der Waals surface area contributed by atoms with E-state index in [1.807, 2.05) is 0 Å². The molecule has 1 aromatic rings. The minimum absolute atomic E-state index is 0.0816. The van der Waals surface area contributed by atoms with E-state index < -0.39 is 21.7 Å². The number of hydrogen-bond donors (Lipinski definition) is 1. The molecule has 0 aliphatic rings. The molecule has 0 bridgehead atoms. The zero-order chi connectivity index (χ0) is 12.9. The number of nitrogens with two attached hydrogens (primary N) is 1. The molecule has 17 heavy (non-hydrogen) atoms. The van der Waals surface area contributed by atoms with Crippen molar-refractivity contribution in [3.05, 3.63) is 29.8 Å². The first kappa shape index (κ1) is 13.9. The van der Waals surface area contributed by atoms with E-state index in [0.29, 0.717) is 12.8 Å². The fourth-order valence-corrected chi connectivity index (χ4v) is 1.81. The normalized spacial score (nSPS) is 11.5. The van der Waals surface area contributed by atoms with E-state index in [9.17, 15) is 17.2 Å². The summed E-state index contributed by atoms with van der Waals surface area (Å²) < 4.78 is 51.7. The van der Waals surface area contributed by atoms with E-state index in [4.69, 9.17) is 9.88 Å². The van der Waals surface area contributed by atoms with Gasteiger partial charge in [0.1, 0.15) is 17.4 Å². The van der Waals surface area contributed by atoms with Crippen LogP contribution in [-0.2, 0) is 10.0 Å². The first-order valence-electron chi connectivity index (χ1n) is 4.96. The summed E-state index contributed by atoms with van der Waals surface area (Å²) in [6.07, 6.45) is 0.783. The van der Waals surface area contributed by atoms with Gasteiger partial charge in [-0.05, 0) is 12.8 Å². The van der Waals surface area contributed by atoms with Crippen molar-refractivity contribution in [1.82, 2.24) is 0 Å². The van der Waals surface area contributed by atoms with Crippen LogP contribution in [0, 0.1) is 11.6 Å². The Bertz CT molecular complexity index is 456. The molecule has 0 spiro atoms. The minimum atomic E-state index is -3.46. The highest BCUT2D eigenvalue weighted by Gasteiger charge is 2.03. The maximum Gasteiger partial charge on any atom is 0.209 e. The van der Waals surface area contributed by atoms with Gasteiger partial charge in [-0.15, -0.1) is 0 Å². The summed E-state index contributed by atoms with van der Waals surface area (Å²) in [4.78, 5) is 0. The number of hydrogen-bond acceptors (Lipinski definition) is 3. The van der Waals surface area contributed by atoms with Gasteiger partial charge >= 0.3 is 0 Å². The Morgan fingerprint density at radius 2 is 1.71 bits per heavy atom. The molecule has 0 radical (unpaired) electrons. The Morgan fingerprint density at radius 1 is 1.12 bits per heavy atom. The second-order valence-electron chi connectivity index (χ2n) is 3.53. The third-order valence-electron chi connectivity index (χ3n) is 1.93. The molecular formula is C10H13F2NO3S. The van der Waals surface area contributed by atoms with Crippen molar-refractivity contribution < 1.29 is 21.9 Å². The van der Waals surface area contributed by atoms with Gasteiger partial charge in [0.05, 0.1) is 12.4 Å². The maximum absolute atomic E-state index is 12.7. The average molecular weight is 265 g/mol. The molecule has 1 aromatic carbocycles. The Kier molecular flexibility index (Phi) is 4.83. The highest BCUT2D eigenvalue weighted by Crippen LogP contribution is 2.15. The molecule has 0 atom stereocenters. The lowest BCUT2D eigenvalue weighted by molar-refractivity contribution is 0.306. The molecule has 0 aliphatic carbocycles. The Balaban J connectivity index is 2.31. The predicted molar refractivity (Wildman–Crippen MR) is 59.1 cm³/mol. The van der Waals surface area contributed by atoms with Crippen LogP contribution in [0.4, 0.5) is 8.78 Å². The van der Waals surface area contributed by atoms with Crippen molar-refractivity contribution in [2.75, 3.05) is 12.4 Å². The van der Waals surface area contributed by atoms with Crippen molar-refractivity contribution in [2.45, 2.75) is 12.8 Å². The smallest absolute Gasteiger partial charge is 0.209 e. The van der Waals surface area contributed by atoms with E-state index >= 15 is 0 Å². The second-order valence-corrected chi connectivity index (χ2v) is 5.26. The summed E-state index contributed by atoms with van der Waals surface area (Å²) in [5.41, 5.74) is 0. The van der Waals surface area contributed by atoms with Crippen LogP contribution in [0.3, 0.4) is 0 Å². The third-order valence-corrected chi connectivity index (χ3v) is 2.79. The zero-order valence-corrected chi connectivity index (χ0v) is 9.84. The summed E-state index contributed by atoms with van der Waals surface area (Å²) in [5.74, 6) is -1.49. The number of sulfonamides is 1. The van der Waals surface area contributed by atoms with Crippen LogP contribution < -0.4 is 9.88 Å². The van der Waals surface area contributed by atoms with E-state index in [1.165, 1.54) is 0 Å². The lowest BCUT2D eigenvalue weighted by Crippen LogP contribution is -2.16. The number of halogens is 2. The standard InChI is InChI=1S/C10H13F2NO3S/c11-8-5-9(12)7-10(6-8)16-3-1-2-4-17(13,14)15/h5-7H,1-4H2,(H2,13,14,15). The number of ether oxygens (including phenoxy) is 1. The van der Waals surface area contributed by atoms with Crippen LogP contribution in [0.1, 0.15) is 12.8 Å². The summed E-state index contributed by atoms with van der Waals surface area (Å²) >= 11 is 0. The SMILES string of the molecule is NS(=O)(=O)CCCCOc1cc(F)cc(F)c1. The van der Waals surface area contributed by atoms with Crippen molar-refractivity contribution in [1.29, 1.82) is 0 Å². The summed E-state index contributed by atoms with van der Waals surface area (Å²) in [6, 6.07) is 2.86. The van der Waals surface area contributed by atoms with Gasteiger partial charge in [0.2, 0.25) is 10.0 Å². The molecule has 0 heterocycles. The monoisotopic (exact) mass is 265 g/mol. The molecule has 1 rings (SSSR count). The molecule has 0 saturated carbocycles. The quantitative estimate of drug-likeness (QED) is 0.791. The third kappa shape index (κ3) is 6.18. The molecule has 7 heteroatoms. The van der Waals surface area contributed by atoms with Gasteiger partial charge in [-0.2, -0.15) is 0 Å². The van der Waals surface area contributed by atoms with Crippen molar-refractivity contribution in [2.24, 2.45) is 5.14 Å². The summed E-state index contributed by atoms with van der Waals surface area (Å²) in [7, 11) is -3.46. The lowest BCUT2D eigenvalue weighted by Gasteiger charge is -2.06. The highest BCUT2D eigenvalue weighted by atomic mass is 32.2. The predicted octanol–water partition coefficient (Wildman–Crippen LogP) is 1.41. The average Bonchev–Trinajstić information content (AvgIpc) is 2.13. The molecular weight excluding hydrogens is 252 g/mol. The number of rotatable bonds is 6. The van der Waals surface area contributed by atoms with Crippen LogP contribution in [0.25, 0.3) is 0 Å². The molecule has 2 N–H and O–H groups in total. The fourth-order valence-electron chi connectivity index (χ4n) is 1.21. The van der Waals surface area contributed by atoms with Crippen molar-refractivity contribution in [3.8, 4) is 5.75 Å². The summed E-state index contributed by atoms with van der Waals surface area (Å²) in [6.45, 7) is 0.179. The zero-order valence-electron chi connectivity index (χ0n) is 9.03. The molecule has 0 aliphatic heterocycles. The largest absolute Gasteiger partial charge is 0.493 e. The van der Waals surface area contributed by atoms with Crippen LogP contribution in [0.15, 0.2) is 18.2 Å². The van der Waals surface area contributed by atoms with E-state index in [0.717, 1.165) is 18.2 Å². The van der Waals surface area contributed by atoms with E-state index in [1.54, 1.807) is 0 Å². The van der Waals surface area contributed by atoms with Gasteiger partial charge in [-0.1, -0.05) is 0 Å². The molecule has 0 aromatic heterocycles. The van der Waals surface area contributed by atoms with E-state index in [2.05, 4.69) is 0 Å². The first-order chi connectivity index (χ1) is 7.87. The molecule has 4 nitrogen and oxygen atoms in total. The van der Waals surface area contributed by atoms with Gasteiger partial charge in [-0.3, -0.25) is 0 Å². The van der Waals surface area contributed by atoms with Gasteiger partial charge in [0.25, 0.3) is 0 Å². The van der Waals surface area contributed by atoms with Crippen LogP contribution in [0.2, 0.25) is 0 Å². The van der Waals surface area contributed by atoms with Gasteiger partial charge in [0, 0.05) is 18.2 Å². The van der Waals surface area contributed by atoms with Crippen LogP contribution in [-0.4, -0.2) is 20.8 Å². The van der Waals surface area contributed by atoms with Crippen LogP contribution in [0.5, 0.6) is 5.75 Å². The molecule has 0 saturated heterocycles. The highest BCUT2D eigenvalue weighted by molar-refractivity contribution is 7.89. The van der Waals surface area contributed by atoms with Gasteiger partial charge < -0.3 is 4.74 Å². The minimum Gasteiger partial charge on any atom is -0.493 e. The topological polar surface area (TPSA) is 69.4 Å². The molecule has 0 unspecified atom stereocenters. The first-order valence-corrected chi connectivity index (χ1v) is 6.68. The Hall–Kier alpha value is -1.21. The van der Waals surface area contributed by atoms with Crippen molar-refractivity contribution in [3.63, 3.8) is 0 Å². The maximum atomic E-state index is 12.7. The van der Waals surface area contributed by atoms with Gasteiger partial charge in [0.15, 0.2) is 0 Å². The molecule has 0 amide bonds. The molecule has 96 valence electrons. The van der Waals surface area contributed by atoms with E-state index in [-0.39, 0.29) is 18.1 Å². The van der Waals surface area contributed by atoms with Gasteiger partial charge in [-0.25, -0.2) is 22.3 Å².